The number of hydrazine groups is 1. The molecule has 1 aliphatic carbocycles. The number of carbonyl (C=O) groups is 2. The first kappa shape index (κ1) is 22.3. The Hall–Kier alpha value is -1.52. The standard InChI is InChI=1S/C22H28ClN3O5S/c1-9-6-11-14(17(26(3)25-11)21-24-10(2)8-32-21)19(27)22(9)20(28)15-12(29-4)7-13(30-5)16(23)18(15)31-22/h7,9-11,14,17,21,24-25H,6,8H2,1-5H3/t9-,10?,11?,14?,17?,21?,22+/m1/s1. The predicted molar refractivity (Wildman–Crippen MR) is 122 cm³/mol. The van der Waals surface area contributed by atoms with E-state index in [4.69, 9.17) is 25.8 Å². The van der Waals surface area contributed by atoms with E-state index in [0.29, 0.717) is 24.0 Å². The summed E-state index contributed by atoms with van der Waals surface area (Å²) in [6.45, 7) is 4.04. The number of fused-ring (bicyclic) bond motifs is 2. The summed E-state index contributed by atoms with van der Waals surface area (Å²) in [5.41, 5.74) is 2.07. The highest BCUT2D eigenvalue weighted by molar-refractivity contribution is 8.00. The Bertz CT molecular complexity index is 993. The second-order valence-electron chi connectivity index (χ2n) is 9.15. The molecule has 3 fully saturated rings. The first-order valence-electron chi connectivity index (χ1n) is 10.8. The van der Waals surface area contributed by atoms with Gasteiger partial charge in [0.1, 0.15) is 22.1 Å². The Labute approximate surface area is 196 Å². The van der Waals surface area contributed by atoms with Gasteiger partial charge in [-0.2, -0.15) is 0 Å². The minimum atomic E-state index is -1.62. The third-order valence-corrected chi connectivity index (χ3v) is 9.12. The summed E-state index contributed by atoms with van der Waals surface area (Å²) in [5.74, 6) is 0.482. The summed E-state index contributed by atoms with van der Waals surface area (Å²) in [7, 11) is 4.92. The maximum Gasteiger partial charge on any atom is 0.232 e. The Morgan fingerprint density at radius 3 is 2.59 bits per heavy atom. The quantitative estimate of drug-likeness (QED) is 0.630. The number of nitrogens with zero attached hydrogens (tertiary/aromatic N) is 1. The van der Waals surface area contributed by atoms with Crippen LogP contribution >= 0.6 is 23.4 Å². The Kier molecular flexibility index (Phi) is 5.41. The molecule has 0 radical (unpaired) electrons. The van der Waals surface area contributed by atoms with Crippen LogP contribution in [0.2, 0.25) is 5.02 Å². The fraction of sp³-hybridized carbons (Fsp3) is 0.636. The Morgan fingerprint density at radius 1 is 1.25 bits per heavy atom. The SMILES string of the molecule is COc1cc(OC)c2c(c1Cl)O[C@]1(C2=O)C(=O)C2C(C[C@H]1C)NN(C)C2C1NC(C)CS1. The van der Waals surface area contributed by atoms with Crippen molar-refractivity contribution in [2.24, 2.45) is 11.8 Å². The summed E-state index contributed by atoms with van der Waals surface area (Å²) < 4.78 is 17.1. The number of hydrogen-bond acceptors (Lipinski definition) is 9. The third kappa shape index (κ3) is 2.88. The van der Waals surface area contributed by atoms with Crippen LogP contribution in [0.25, 0.3) is 0 Å². The zero-order chi connectivity index (χ0) is 22.9. The summed E-state index contributed by atoms with van der Waals surface area (Å²) >= 11 is 8.34. The highest BCUT2D eigenvalue weighted by Crippen LogP contribution is 2.55. The van der Waals surface area contributed by atoms with Crippen molar-refractivity contribution in [2.45, 2.75) is 49.4 Å². The number of likely N-dealkylation sites (N-methyl/N-ethyl adjacent to an activating group) is 1. The van der Waals surface area contributed by atoms with E-state index in [2.05, 4.69) is 17.7 Å². The molecule has 1 aromatic rings. The van der Waals surface area contributed by atoms with Crippen LogP contribution in [0.5, 0.6) is 17.2 Å². The molecule has 1 saturated carbocycles. The van der Waals surface area contributed by atoms with Crippen molar-refractivity contribution in [3.8, 4) is 17.2 Å². The molecule has 5 rings (SSSR count). The van der Waals surface area contributed by atoms with Gasteiger partial charge in [0.15, 0.2) is 11.5 Å². The van der Waals surface area contributed by atoms with E-state index in [1.165, 1.54) is 14.2 Å². The molecule has 1 aromatic carbocycles. The van der Waals surface area contributed by atoms with Crippen LogP contribution in [0.1, 0.15) is 30.6 Å². The van der Waals surface area contributed by atoms with Crippen molar-refractivity contribution in [2.75, 3.05) is 27.0 Å². The molecular weight excluding hydrogens is 454 g/mol. The third-order valence-electron chi connectivity index (χ3n) is 7.29. The van der Waals surface area contributed by atoms with E-state index in [-0.39, 0.29) is 51.3 Å². The molecule has 7 atom stereocenters. The van der Waals surface area contributed by atoms with E-state index in [1.54, 1.807) is 6.07 Å². The molecule has 2 saturated heterocycles. The number of thioether (sulfide) groups is 1. The van der Waals surface area contributed by atoms with Crippen LogP contribution in [-0.2, 0) is 4.79 Å². The molecular formula is C22H28ClN3O5S. The number of methoxy groups -OCH3 is 2. The Balaban J connectivity index is 1.58. The molecule has 8 nitrogen and oxygen atoms in total. The number of halogens is 1. The molecule has 0 bridgehead atoms. The van der Waals surface area contributed by atoms with E-state index < -0.39 is 11.5 Å². The molecule has 5 unspecified atom stereocenters. The van der Waals surface area contributed by atoms with Crippen molar-refractivity contribution < 1.29 is 23.8 Å². The zero-order valence-electron chi connectivity index (χ0n) is 18.7. The molecule has 1 spiro atoms. The van der Waals surface area contributed by atoms with Crippen LogP contribution in [0.15, 0.2) is 6.07 Å². The van der Waals surface area contributed by atoms with Gasteiger partial charge in [0.05, 0.1) is 31.6 Å². The van der Waals surface area contributed by atoms with E-state index >= 15 is 0 Å². The maximum absolute atomic E-state index is 14.2. The molecule has 3 heterocycles. The average Bonchev–Trinajstić information content (AvgIpc) is 3.42. The van der Waals surface area contributed by atoms with Gasteiger partial charge in [0, 0.05) is 36.9 Å². The first-order valence-corrected chi connectivity index (χ1v) is 12.3. The van der Waals surface area contributed by atoms with Crippen molar-refractivity contribution in [3.05, 3.63) is 16.7 Å². The van der Waals surface area contributed by atoms with Gasteiger partial charge < -0.3 is 19.5 Å². The first-order chi connectivity index (χ1) is 15.2. The lowest BCUT2D eigenvalue weighted by Gasteiger charge is -2.42. The lowest BCUT2D eigenvalue weighted by Crippen LogP contribution is -2.64. The van der Waals surface area contributed by atoms with E-state index in [1.807, 2.05) is 30.7 Å². The Morgan fingerprint density at radius 2 is 1.97 bits per heavy atom. The van der Waals surface area contributed by atoms with Crippen LogP contribution in [0.4, 0.5) is 0 Å². The van der Waals surface area contributed by atoms with Crippen molar-refractivity contribution in [3.63, 3.8) is 0 Å². The number of carbonyl (C=O) groups excluding carboxylic acids is 2. The van der Waals surface area contributed by atoms with Crippen molar-refractivity contribution in [1.82, 2.24) is 15.8 Å². The van der Waals surface area contributed by atoms with Crippen LogP contribution < -0.4 is 25.0 Å². The van der Waals surface area contributed by atoms with Gasteiger partial charge in [-0.25, -0.2) is 5.01 Å². The molecule has 0 aromatic heterocycles. The summed E-state index contributed by atoms with van der Waals surface area (Å²) in [5, 5.41) is 5.88. The van der Waals surface area contributed by atoms with Crippen LogP contribution in [0, 0.1) is 11.8 Å². The lowest BCUT2D eigenvalue weighted by atomic mass is 9.65. The van der Waals surface area contributed by atoms with Gasteiger partial charge in [-0.05, 0) is 13.3 Å². The summed E-state index contributed by atoms with van der Waals surface area (Å²) in [6, 6.07) is 1.78. The van der Waals surface area contributed by atoms with Gasteiger partial charge in [0.2, 0.25) is 11.4 Å². The molecule has 174 valence electrons. The molecule has 2 N–H and O–H groups in total. The number of nitrogens with one attached hydrogen (secondary N) is 2. The van der Waals surface area contributed by atoms with Gasteiger partial charge in [-0.3, -0.25) is 15.0 Å². The molecule has 0 amide bonds. The average molecular weight is 482 g/mol. The van der Waals surface area contributed by atoms with E-state index in [9.17, 15) is 9.59 Å². The summed E-state index contributed by atoms with van der Waals surface area (Å²) in [6.07, 6.45) is 0.626. The number of hydrogen-bond donors (Lipinski definition) is 2. The number of ether oxygens (including phenoxy) is 3. The van der Waals surface area contributed by atoms with Gasteiger partial charge >= 0.3 is 0 Å². The zero-order valence-corrected chi connectivity index (χ0v) is 20.3. The van der Waals surface area contributed by atoms with Crippen molar-refractivity contribution in [1.29, 1.82) is 0 Å². The molecule has 4 aliphatic rings. The number of benzene rings is 1. The number of ketones is 2. The van der Waals surface area contributed by atoms with Gasteiger partial charge in [-0.1, -0.05) is 18.5 Å². The lowest BCUT2D eigenvalue weighted by molar-refractivity contribution is -0.143. The second-order valence-corrected chi connectivity index (χ2v) is 10.7. The second kappa shape index (κ2) is 7.77. The van der Waals surface area contributed by atoms with E-state index in [0.717, 1.165) is 5.75 Å². The van der Waals surface area contributed by atoms with Gasteiger partial charge in [0.25, 0.3) is 0 Å². The topological polar surface area (TPSA) is 89.1 Å². The normalized spacial score (nSPS) is 38.7. The minimum absolute atomic E-state index is 0.0524. The van der Waals surface area contributed by atoms with Gasteiger partial charge in [-0.15, -0.1) is 11.8 Å². The highest BCUT2D eigenvalue weighted by Gasteiger charge is 2.67. The minimum Gasteiger partial charge on any atom is -0.496 e. The molecule has 10 heteroatoms. The smallest absolute Gasteiger partial charge is 0.232 e. The number of rotatable bonds is 3. The molecule has 3 aliphatic heterocycles. The van der Waals surface area contributed by atoms with Crippen molar-refractivity contribution >= 4 is 34.9 Å². The fourth-order valence-electron chi connectivity index (χ4n) is 5.78. The molecule has 32 heavy (non-hydrogen) atoms. The predicted octanol–water partition coefficient (Wildman–Crippen LogP) is 2.13. The number of Topliss-reactive ketones (excluding diaryl/α,β-unsaturated/α-hetero) is 2. The largest absolute Gasteiger partial charge is 0.496 e. The summed E-state index contributed by atoms with van der Waals surface area (Å²) in [4.78, 5) is 28.1. The highest BCUT2D eigenvalue weighted by atomic mass is 35.5. The maximum atomic E-state index is 14.2. The fourth-order valence-corrected chi connectivity index (χ4v) is 7.52. The van der Waals surface area contributed by atoms with Crippen LogP contribution in [0.3, 0.4) is 0 Å². The van der Waals surface area contributed by atoms with Crippen LogP contribution in [-0.4, -0.2) is 72.7 Å². The monoisotopic (exact) mass is 481 g/mol.